The van der Waals surface area contributed by atoms with Gasteiger partial charge in [0.15, 0.2) is 0 Å². The molecular formula is C17H19N5O. The highest BCUT2D eigenvalue weighted by atomic mass is 16.2. The minimum absolute atomic E-state index is 0.0190. The molecule has 0 bridgehead atoms. The number of piperidine rings is 1. The monoisotopic (exact) mass is 309 g/mol. The Bertz CT molecular complexity index is 774. The van der Waals surface area contributed by atoms with E-state index in [1.165, 1.54) is 0 Å². The molecule has 0 spiro atoms. The quantitative estimate of drug-likeness (QED) is 0.745. The summed E-state index contributed by atoms with van der Waals surface area (Å²) in [6.07, 6.45) is 10.7. The van der Waals surface area contributed by atoms with Crippen LogP contribution in [0.5, 0.6) is 0 Å². The van der Waals surface area contributed by atoms with Gasteiger partial charge >= 0.3 is 0 Å². The van der Waals surface area contributed by atoms with Crippen LogP contribution in [-0.4, -0.2) is 42.6 Å². The first-order valence-electron chi connectivity index (χ1n) is 8.03. The largest absolute Gasteiger partial charge is 0.332 e. The van der Waals surface area contributed by atoms with Crippen LogP contribution in [0, 0.1) is 0 Å². The zero-order chi connectivity index (χ0) is 15.6. The van der Waals surface area contributed by atoms with Crippen LogP contribution in [0.15, 0.2) is 49.1 Å². The molecule has 1 fully saturated rings. The highest BCUT2D eigenvalue weighted by molar-refractivity contribution is 5.93. The third-order valence-electron chi connectivity index (χ3n) is 4.43. The molecular weight excluding hydrogens is 290 g/mol. The van der Waals surface area contributed by atoms with E-state index in [1.807, 2.05) is 56.8 Å². The molecule has 4 heterocycles. The number of hydrogen-bond donors (Lipinski definition) is 0. The maximum absolute atomic E-state index is 12.9. The Labute approximate surface area is 134 Å². The van der Waals surface area contributed by atoms with Crippen LogP contribution in [0.2, 0.25) is 0 Å². The number of pyridine rings is 1. The zero-order valence-corrected chi connectivity index (χ0v) is 12.9. The van der Waals surface area contributed by atoms with Gasteiger partial charge in [-0.2, -0.15) is 5.10 Å². The third kappa shape index (κ3) is 2.72. The molecule has 3 aromatic heterocycles. The number of carbonyl (C=O) groups excluding carboxylic acids is 1. The number of hydrogen-bond acceptors (Lipinski definition) is 3. The van der Waals surface area contributed by atoms with Gasteiger partial charge in [0.25, 0.3) is 5.91 Å². The summed E-state index contributed by atoms with van der Waals surface area (Å²) in [4.78, 5) is 19.4. The van der Waals surface area contributed by atoms with Gasteiger partial charge in [-0.1, -0.05) is 6.07 Å². The second-order valence-corrected chi connectivity index (χ2v) is 5.97. The molecule has 1 atom stereocenters. The van der Waals surface area contributed by atoms with E-state index in [2.05, 4.69) is 10.1 Å². The number of nitrogens with zero attached hydrogens (tertiary/aromatic N) is 5. The fourth-order valence-electron chi connectivity index (χ4n) is 3.27. The fourth-order valence-corrected chi connectivity index (χ4v) is 3.27. The molecule has 6 nitrogen and oxygen atoms in total. The van der Waals surface area contributed by atoms with Crippen molar-refractivity contribution < 1.29 is 4.79 Å². The maximum Gasteiger partial charge on any atom is 0.274 e. The summed E-state index contributed by atoms with van der Waals surface area (Å²) in [5.74, 6) is 0.0190. The van der Waals surface area contributed by atoms with E-state index < -0.39 is 0 Å². The second kappa shape index (κ2) is 5.87. The molecule has 4 rings (SSSR count). The van der Waals surface area contributed by atoms with Crippen molar-refractivity contribution in [2.75, 3.05) is 6.54 Å². The van der Waals surface area contributed by atoms with Crippen LogP contribution in [0.1, 0.15) is 29.8 Å². The first-order chi connectivity index (χ1) is 11.3. The van der Waals surface area contributed by atoms with Gasteiger partial charge in [-0.05, 0) is 37.5 Å². The van der Waals surface area contributed by atoms with E-state index in [0.717, 1.165) is 38.0 Å². The van der Waals surface area contributed by atoms with Gasteiger partial charge < -0.3 is 9.30 Å². The Morgan fingerprint density at radius 3 is 3.00 bits per heavy atom. The van der Waals surface area contributed by atoms with Crippen LogP contribution in [-0.2, 0) is 6.54 Å². The average Bonchev–Trinajstić information content (AvgIpc) is 3.23. The highest BCUT2D eigenvalue weighted by Crippen LogP contribution is 2.21. The first-order valence-corrected chi connectivity index (χ1v) is 8.03. The van der Waals surface area contributed by atoms with Gasteiger partial charge in [-0.15, -0.1) is 0 Å². The lowest BCUT2D eigenvalue weighted by Gasteiger charge is -2.35. The zero-order valence-electron chi connectivity index (χ0n) is 12.9. The molecule has 1 saturated heterocycles. The lowest BCUT2D eigenvalue weighted by molar-refractivity contribution is 0.0578. The van der Waals surface area contributed by atoms with Crippen molar-refractivity contribution in [3.8, 4) is 0 Å². The summed E-state index contributed by atoms with van der Waals surface area (Å²) in [5.41, 5.74) is 1.32. The van der Waals surface area contributed by atoms with Crippen molar-refractivity contribution in [2.45, 2.75) is 31.8 Å². The highest BCUT2D eigenvalue weighted by Gasteiger charge is 2.29. The summed E-state index contributed by atoms with van der Waals surface area (Å²) in [7, 11) is 0. The topological polar surface area (TPSA) is 55.4 Å². The van der Waals surface area contributed by atoms with E-state index in [-0.39, 0.29) is 11.9 Å². The van der Waals surface area contributed by atoms with Crippen LogP contribution in [0.3, 0.4) is 0 Å². The van der Waals surface area contributed by atoms with Crippen molar-refractivity contribution in [1.82, 2.24) is 24.1 Å². The minimum atomic E-state index is 0.0190. The third-order valence-corrected chi connectivity index (χ3v) is 4.43. The molecule has 1 aliphatic heterocycles. The van der Waals surface area contributed by atoms with Gasteiger partial charge in [0.1, 0.15) is 11.3 Å². The first kappa shape index (κ1) is 14.0. The molecule has 0 radical (unpaired) electrons. The molecule has 0 unspecified atom stereocenters. The summed E-state index contributed by atoms with van der Waals surface area (Å²) < 4.78 is 3.79. The predicted octanol–water partition coefficient (Wildman–Crippen LogP) is 2.23. The maximum atomic E-state index is 12.9. The Balaban J connectivity index is 1.59. The minimum Gasteiger partial charge on any atom is -0.332 e. The van der Waals surface area contributed by atoms with E-state index in [9.17, 15) is 4.79 Å². The number of rotatable bonds is 3. The Hall–Kier alpha value is -2.63. The molecule has 0 aromatic carbocycles. The van der Waals surface area contributed by atoms with E-state index >= 15 is 0 Å². The molecule has 3 aromatic rings. The van der Waals surface area contributed by atoms with Gasteiger partial charge in [-0.3, -0.25) is 9.48 Å². The lowest BCUT2D eigenvalue weighted by Crippen LogP contribution is -2.46. The standard InChI is InChI=1S/C17H19N5O/c23-17(15-13-20-9-3-2-7-16(20)19-15)22-11-4-1-6-14(22)12-21-10-5-8-18-21/h2-3,5,7-10,13-14H,1,4,6,11-12H2/t14-/m1/s1. The molecule has 0 aliphatic carbocycles. The van der Waals surface area contributed by atoms with Crippen molar-refractivity contribution >= 4 is 11.6 Å². The van der Waals surface area contributed by atoms with Crippen molar-refractivity contribution in [3.63, 3.8) is 0 Å². The average molecular weight is 309 g/mol. The Morgan fingerprint density at radius 1 is 1.22 bits per heavy atom. The van der Waals surface area contributed by atoms with Crippen LogP contribution in [0.25, 0.3) is 5.65 Å². The molecule has 1 amide bonds. The second-order valence-electron chi connectivity index (χ2n) is 5.97. The van der Waals surface area contributed by atoms with Crippen molar-refractivity contribution in [2.24, 2.45) is 0 Å². The number of imidazole rings is 1. The van der Waals surface area contributed by atoms with E-state index in [1.54, 1.807) is 6.20 Å². The summed E-state index contributed by atoms with van der Waals surface area (Å²) in [6.45, 7) is 1.53. The number of carbonyl (C=O) groups is 1. The fraction of sp³-hybridized carbons (Fsp3) is 0.353. The van der Waals surface area contributed by atoms with Gasteiger partial charge in [0.2, 0.25) is 0 Å². The number of aromatic nitrogens is 4. The SMILES string of the molecule is O=C(c1cn2ccccc2n1)N1CCCC[C@@H]1Cn1cccn1. The summed E-state index contributed by atoms with van der Waals surface area (Å²) in [6, 6.07) is 7.87. The van der Waals surface area contributed by atoms with Gasteiger partial charge in [0.05, 0.1) is 12.6 Å². The number of fused-ring (bicyclic) bond motifs is 1. The normalized spacial score (nSPS) is 18.4. The summed E-state index contributed by atoms with van der Waals surface area (Å²) in [5, 5.41) is 4.27. The van der Waals surface area contributed by atoms with E-state index in [4.69, 9.17) is 0 Å². The Kier molecular flexibility index (Phi) is 3.57. The predicted molar refractivity (Wildman–Crippen MR) is 86.1 cm³/mol. The molecule has 118 valence electrons. The molecule has 0 saturated carbocycles. The van der Waals surface area contributed by atoms with Gasteiger partial charge in [-0.25, -0.2) is 4.98 Å². The van der Waals surface area contributed by atoms with Crippen LogP contribution >= 0.6 is 0 Å². The molecule has 0 N–H and O–H groups in total. The number of amides is 1. The molecule has 23 heavy (non-hydrogen) atoms. The Morgan fingerprint density at radius 2 is 2.17 bits per heavy atom. The molecule has 6 heteroatoms. The lowest BCUT2D eigenvalue weighted by atomic mass is 10.0. The van der Waals surface area contributed by atoms with Crippen molar-refractivity contribution in [3.05, 3.63) is 54.7 Å². The summed E-state index contributed by atoms with van der Waals surface area (Å²) >= 11 is 0. The van der Waals surface area contributed by atoms with E-state index in [0.29, 0.717) is 5.69 Å². The van der Waals surface area contributed by atoms with Gasteiger partial charge in [0, 0.05) is 31.3 Å². The van der Waals surface area contributed by atoms with Crippen molar-refractivity contribution in [1.29, 1.82) is 0 Å². The molecule has 1 aliphatic rings. The smallest absolute Gasteiger partial charge is 0.274 e. The number of likely N-dealkylation sites (tertiary alicyclic amines) is 1. The van der Waals surface area contributed by atoms with Crippen LogP contribution in [0.4, 0.5) is 0 Å². The van der Waals surface area contributed by atoms with Crippen LogP contribution < -0.4 is 0 Å².